The summed E-state index contributed by atoms with van der Waals surface area (Å²) in [5.41, 5.74) is 5.43. The lowest BCUT2D eigenvalue weighted by Crippen LogP contribution is -2.37. The third-order valence-electron chi connectivity index (χ3n) is 6.80. The fourth-order valence-electron chi connectivity index (χ4n) is 4.37. The van der Waals surface area contributed by atoms with Gasteiger partial charge in [-0.2, -0.15) is 5.10 Å². The Balaban J connectivity index is 1.28. The smallest absolute Gasteiger partial charge is 0.335 e. The first-order valence-corrected chi connectivity index (χ1v) is 12.9. The zero-order valence-electron chi connectivity index (χ0n) is 22.6. The monoisotopic (exact) mass is 585 g/mol. The summed E-state index contributed by atoms with van der Waals surface area (Å²) in [6, 6.07) is 12.6. The molecule has 0 saturated heterocycles. The van der Waals surface area contributed by atoms with Crippen LogP contribution >= 0.6 is 0 Å². The molecule has 0 aliphatic heterocycles. The predicted molar refractivity (Wildman–Crippen MR) is 153 cm³/mol. The zero-order chi connectivity index (χ0) is 30.8. The molecular formula is C29H24FN7O6. The number of carboxylic acids is 1. The topological polar surface area (TPSA) is 198 Å². The van der Waals surface area contributed by atoms with Gasteiger partial charge in [-0.25, -0.2) is 18.7 Å². The lowest BCUT2D eigenvalue weighted by molar-refractivity contribution is 0.0696. The largest absolute Gasteiger partial charge is 0.478 e. The molecule has 0 aliphatic carbocycles. The fraction of sp³-hybridized carbons (Fsp3) is 0.138. The molecule has 0 unspecified atom stereocenters. The maximum atomic E-state index is 14.4. The SMILES string of the molecule is C[C@@H](NC(=O)c1cc(C(=O)NCc2ccc(F)c(CNc3c(N)c(=O)c3=O)c2)nc2ccnn12)c1ccc(C(=O)O)cc1. The molecule has 0 radical (unpaired) electrons. The first kappa shape index (κ1) is 28.6. The zero-order valence-corrected chi connectivity index (χ0v) is 22.6. The van der Waals surface area contributed by atoms with Crippen LogP contribution in [-0.2, 0) is 13.1 Å². The van der Waals surface area contributed by atoms with Crippen molar-refractivity contribution >= 4 is 34.8 Å². The van der Waals surface area contributed by atoms with E-state index in [0.29, 0.717) is 11.1 Å². The van der Waals surface area contributed by atoms with Gasteiger partial charge in [-0.3, -0.25) is 19.2 Å². The Bertz CT molecular complexity index is 1960. The summed E-state index contributed by atoms with van der Waals surface area (Å²) in [5, 5.41) is 21.4. The van der Waals surface area contributed by atoms with Gasteiger partial charge in [-0.05, 0) is 42.3 Å². The summed E-state index contributed by atoms with van der Waals surface area (Å²) in [7, 11) is 0. The van der Waals surface area contributed by atoms with Gasteiger partial charge < -0.3 is 26.8 Å². The molecule has 5 rings (SSSR count). The highest BCUT2D eigenvalue weighted by molar-refractivity contribution is 5.98. The van der Waals surface area contributed by atoms with Crippen molar-refractivity contribution in [3.63, 3.8) is 0 Å². The summed E-state index contributed by atoms with van der Waals surface area (Å²) in [5.74, 6) is -2.77. The minimum absolute atomic E-state index is 0.00854. The minimum Gasteiger partial charge on any atom is -0.478 e. The van der Waals surface area contributed by atoms with Crippen molar-refractivity contribution in [3.05, 3.63) is 121 Å². The van der Waals surface area contributed by atoms with Crippen molar-refractivity contribution in [1.82, 2.24) is 25.2 Å². The number of nitrogen functional groups attached to an aromatic ring is 1. The number of aromatic nitrogens is 3. The second kappa shape index (κ2) is 11.5. The molecule has 0 bridgehead atoms. The second-order valence-electron chi connectivity index (χ2n) is 9.66. The van der Waals surface area contributed by atoms with E-state index in [1.54, 1.807) is 19.1 Å². The highest BCUT2D eigenvalue weighted by Gasteiger charge is 2.21. The first-order valence-electron chi connectivity index (χ1n) is 12.9. The molecule has 2 amide bonds. The van der Waals surface area contributed by atoms with Crippen molar-refractivity contribution in [2.45, 2.75) is 26.1 Å². The Hall–Kier alpha value is -5.92. The van der Waals surface area contributed by atoms with Gasteiger partial charge in [0.25, 0.3) is 22.7 Å². The lowest BCUT2D eigenvalue weighted by atomic mass is 10.1. The van der Waals surface area contributed by atoms with Crippen LogP contribution in [0.15, 0.2) is 70.4 Å². The van der Waals surface area contributed by atoms with Crippen LogP contribution in [-0.4, -0.2) is 37.5 Å². The van der Waals surface area contributed by atoms with Crippen LogP contribution < -0.4 is 32.5 Å². The van der Waals surface area contributed by atoms with E-state index >= 15 is 0 Å². The number of hydrogen-bond acceptors (Lipinski definition) is 9. The maximum Gasteiger partial charge on any atom is 0.335 e. The van der Waals surface area contributed by atoms with Crippen molar-refractivity contribution < 1.29 is 23.9 Å². The molecule has 0 fully saturated rings. The van der Waals surface area contributed by atoms with Gasteiger partial charge in [0.1, 0.15) is 28.6 Å². The first-order chi connectivity index (χ1) is 20.5. The molecule has 3 aromatic carbocycles. The standard InChI is InChI=1S/C29H24FN7O6/c1-14(16-3-5-17(6-4-16)29(42)43)35-28(41)21-11-20(36-22-8-9-34-37(21)22)27(40)33-12-15-2-7-19(30)18(10-15)13-32-24-23(31)25(38)26(24)39/h2-11,14,32H,12-13,31H2,1H3,(H,33,40)(H,35,41)(H,42,43)/t14-/m1/s1. The highest BCUT2D eigenvalue weighted by Crippen LogP contribution is 2.17. The van der Waals surface area contributed by atoms with Crippen LogP contribution in [0, 0.1) is 5.82 Å². The molecule has 6 N–H and O–H groups in total. The predicted octanol–water partition coefficient (Wildman–Crippen LogP) is 1.78. The van der Waals surface area contributed by atoms with Crippen molar-refractivity contribution in [2.75, 3.05) is 11.1 Å². The van der Waals surface area contributed by atoms with Gasteiger partial charge in [0.15, 0.2) is 5.65 Å². The summed E-state index contributed by atoms with van der Waals surface area (Å²) in [6.45, 7) is 1.61. The van der Waals surface area contributed by atoms with E-state index in [-0.39, 0.29) is 52.6 Å². The van der Waals surface area contributed by atoms with Crippen molar-refractivity contribution in [2.24, 2.45) is 0 Å². The van der Waals surface area contributed by atoms with Gasteiger partial charge in [0.2, 0.25) is 0 Å². The van der Waals surface area contributed by atoms with Crippen LogP contribution in [0.2, 0.25) is 0 Å². The van der Waals surface area contributed by atoms with E-state index < -0.39 is 40.5 Å². The Morgan fingerprint density at radius 3 is 2.44 bits per heavy atom. The number of carbonyl (C=O) groups excluding carboxylic acids is 2. The molecular weight excluding hydrogens is 561 g/mol. The summed E-state index contributed by atoms with van der Waals surface area (Å²) >= 11 is 0. The van der Waals surface area contributed by atoms with Crippen LogP contribution in [0.4, 0.5) is 15.8 Å². The molecule has 2 heterocycles. The van der Waals surface area contributed by atoms with Crippen molar-refractivity contribution in [1.29, 1.82) is 0 Å². The van der Waals surface area contributed by atoms with Gasteiger partial charge in [0, 0.05) is 30.8 Å². The van der Waals surface area contributed by atoms with Crippen molar-refractivity contribution in [3.8, 4) is 0 Å². The number of nitrogens with two attached hydrogens (primary N) is 1. The van der Waals surface area contributed by atoms with Crippen LogP contribution in [0.1, 0.15) is 61.0 Å². The summed E-state index contributed by atoms with van der Waals surface area (Å²) in [4.78, 5) is 64.5. The Labute approximate surface area is 241 Å². The number of rotatable bonds is 10. The van der Waals surface area contributed by atoms with Crippen LogP contribution in [0.3, 0.4) is 0 Å². The number of benzene rings is 2. The molecule has 2 aromatic heterocycles. The number of nitrogens with zero attached hydrogens (tertiary/aromatic N) is 3. The van der Waals surface area contributed by atoms with Crippen LogP contribution in [0.25, 0.3) is 5.65 Å². The Kier molecular flexibility index (Phi) is 7.66. The van der Waals surface area contributed by atoms with E-state index in [9.17, 15) is 28.4 Å². The normalized spacial score (nSPS) is 11.8. The molecule has 13 nitrogen and oxygen atoms in total. The quantitative estimate of drug-likeness (QED) is 0.151. The molecule has 1 atom stereocenters. The number of aromatic carboxylic acids is 1. The van der Waals surface area contributed by atoms with E-state index in [0.717, 1.165) is 0 Å². The van der Waals surface area contributed by atoms with Crippen LogP contribution in [0.5, 0.6) is 0 Å². The van der Waals surface area contributed by atoms with Gasteiger partial charge >= 0.3 is 5.97 Å². The number of fused-ring (bicyclic) bond motifs is 1. The third kappa shape index (κ3) is 5.79. The second-order valence-corrected chi connectivity index (χ2v) is 9.66. The summed E-state index contributed by atoms with van der Waals surface area (Å²) in [6.07, 6.45) is 1.43. The molecule has 0 aliphatic rings. The van der Waals surface area contributed by atoms with E-state index in [2.05, 4.69) is 26.0 Å². The van der Waals surface area contributed by atoms with Gasteiger partial charge in [-0.1, -0.05) is 18.2 Å². The highest BCUT2D eigenvalue weighted by atomic mass is 19.1. The minimum atomic E-state index is -1.06. The number of anilines is 2. The molecule has 218 valence electrons. The third-order valence-corrected chi connectivity index (χ3v) is 6.80. The number of halogens is 1. The molecule has 14 heteroatoms. The molecule has 5 aromatic rings. The fourth-order valence-corrected chi connectivity index (χ4v) is 4.37. The molecule has 0 saturated carbocycles. The average Bonchev–Trinajstić information content (AvgIpc) is 3.49. The van der Waals surface area contributed by atoms with E-state index in [1.165, 1.54) is 53.2 Å². The van der Waals surface area contributed by atoms with Gasteiger partial charge in [0.05, 0.1) is 17.8 Å². The number of carboxylic acid groups (broad SMARTS) is 1. The van der Waals surface area contributed by atoms with E-state index in [4.69, 9.17) is 10.8 Å². The molecule has 0 spiro atoms. The number of amides is 2. The number of hydrogen-bond donors (Lipinski definition) is 5. The number of carbonyl (C=O) groups is 3. The average molecular weight is 586 g/mol. The maximum absolute atomic E-state index is 14.4. The number of nitrogens with one attached hydrogen (secondary N) is 3. The Morgan fingerprint density at radius 1 is 1.00 bits per heavy atom. The summed E-state index contributed by atoms with van der Waals surface area (Å²) < 4.78 is 15.6. The van der Waals surface area contributed by atoms with Gasteiger partial charge in [-0.15, -0.1) is 0 Å². The molecule has 43 heavy (non-hydrogen) atoms. The van der Waals surface area contributed by atoms with E-state index in [1.807, 2.05) is 0 Å². The lowest BCUT2D eigenvalue weighted by Gasteiger charge is -2.15. The Morgan fingerprint density at radius 2 is 1.74 bits per heavy atom.